The number of halogens is 1. The molecule has 0 saturated carbocycles. The van der Waals surface area contributed by atoms with Crippen molar-refractivity contribution in [1.29, 1.82) is 0 Å². The van der Waals surface area contributed by atoms with Gasteiger partial charge in [0.1, 0.15) is 11.4 Å². The van der Waals surface area contributed by atoms with E-state index in [1.54, 1.807) is 19.1 Å². The van der Waals surface area contributed by atoms with Gasteiger partial charge < -0.3 is 9.88 Å². The first-order valence-electron chi connectivity index (χ1n) is 8.86. The molecule has 1 amide bonds. The number of carbonyl (C=O) groups excluding carboxylic acids is 1. The van der Waals surface area contributed by atoms with E-state index in [0.29, 0.717) is 12.2 Å². The molecule has 0 fully saturated rings. The number of H-pyrrole nitrogens is 1. The molecule has 2 aromatic carbocycles. The van der Waals surface area contributed by atoms with Gasteiger partial charge in [-0.25, -0.2) is 9.18 Å². The molecule has 1 N–H and O–H groups in total. The van der Waals surface area contributed by atoms with E-state index in [4.69, 9.17) is 0 Å². The molecule has 0 aliphatic rings. The fourth-order valence-corrected chi connectivity index (χ4v) is 2.99. The number of aromatic nitrogens is 2. The molecular formula is C21H20FN3O3. The zero-order valence-electron chi connectivity index (χ0n) is 15.6. The molecule has 0 spiro atoms. The van der Waals surface area contributed by atoms with Gasteiger partial charge in [-0.1, -0.05) is 30.3 Å². The second-order valence-corrected chi connectivity index (χ2v) is 6.38. The van der Waals surface area contributed by atoms with Gasteiger partial charge in [0.15, 0.2) is 0 Å². The first-order chi connectivity index (χ1) is 13.4. The fraction of sp³-hybridized carbons (Fsp3) is 0.190. The Bertz CT molecular complexity index is 1130. The third kappa shape index (κ3) is 3.78. The number of rotatable bonds is 5. The maximum atomic E-state index is 13.9. The van der Waals surface area contributed by atoms with Crippen LogP contribution in [0.1, 0.15) is 28.4 Å². The number of carbonyl (C=O) groups is 1. The van der Waals surface area contributed by atoms with Crippen LogP contribution >= 0.6 is 0 Å². The van der Waals surface area contributed by atoms with Crippen molar-refractivity contribution in [2.45, 2.75) is 20.4 Å². The minimum atomic E-state index is -0.761. The third-order valence-electron chi connectivity index (χ3n) is 4.45. The summed E-state index contributed by atoms with van der Waals surface area (Å²) in [5, 5.41) is 0. The predicted octanol–water partition coefficient (Wildman–Crippen LogP) is 2.70. The number of aryl methyl sites for hydroxylation is 1. The number of hydrogen-bond acceptors (Lipinski definition) is 3. The van der Waals surface area contributed by atoms with Crippen molar-refractivity contribution in [2.24, 2.45) is 0 Å². The molecule has 3 rings (SSSR count). The topological polar surface area (TPSA) is 75.2 Å². The molecule has 0 bridgehead atoms. The Hall–Kier alpha value is -3.48. The van der Waals surface area contributed by atoms with Crippen molar-refractivity contribution in [3.8, 4) is 0 Å². The maximum Gasteiger partial charge on any atom is 0.328 e. The lowest BCUT2D eigenvalue weighted by molar-refractivity contribution is 0.0985. The summed E-state index contributed by atoms with van der Waals surface area (Å²) >= 11 is 0. The van der Waals surface area contributed by atoms with Crippen molar-refractivity contribution in [2.75, 3.05) is 11.4 Å². The van der Waals surface area contributed by atoms with Crippen LogP contribution in [0.3, 0.4) is 0 Å². The van der Waals surface area contributed by atoms with Gasteiger partial charge in [-0.3, -0.25) is 14.2 Å². The highest BCUT2D eigenvalue weighted by molar-refractivity contribution is 6.05. The van der Waals surface area contributed by atoms with E-state index in [-0.39, 0.29) is 17.7 Å². The van der Waals surface area contributed by atoms with E-state index in [0.717, 1.165) is 16.3 Å². The average Bonchev–Trinajstić information content (AvgIpc) is 2.67. The van der Waals surface area contributed by atoms with Gasteiger partial charge >= 0.3 is 5.69 Å². The highest BCUT2D eigenvalue weighted by Crippen LogP contribution is 2.17. The number of benzene rings is 2. The van der Waals surface area contributed by atoms with E-state index < -0.39 is 23.0 Å². The monoisotopic (exact) mass is 381 g/mol. The Kier molecular flexibility index (Phi) is 5.54. The highest BCUT2D eigenvalue weighted by atomic mass is 19.1. The lowest BCUT2D eigenvalue weighted by atomic mass is 10.2. The number of hydrogen-bond donors (Lipinski definition) is 1. The van der Waals surface area contributed by atoms with Crippen LogP contribution in [0.4, 0.5) is 10.1 Å². The van der Waals surface area contributed by atoms with Crippen LogP contribution in [-0.4, -0.2) is 22.0 Å². The summed E-state index contributed by atoms with van der Waals surface area (Å²) in [5.41, 5.74) is 0.164. The second kappa shape index (κ2) is 8.04. The number of anilines is 1. The van der Waals surface area contributed by atoms with Gasteiger partial charge in [0.25, 0.3) is 11.5 Å². The zero-order valence-corrected chi connectivity index (χ0v) is 15.6. The molecule has 0 atom stereocenters. The van der Waals surface area contributed by atoms with Crippen LogP contribution in [0.2, 0.25) is 0 Å². The first kappa shape index (κ1) is 19.3. The minimum Gasteiger partial charge on any atom is -0.313 e. The Morgan fingerprint density at radius 1 is 1.14 bits per heavy atom. The summed E-state index contributed by atoms with van der Waals surface area (Å²) in [7, 11) is 0. The molecule has 0 aliphatic carbocycles. The van der Waals surface area contributed by atoms with Crippen LogP contribution in [0.5, 0.6) is 0 Å². The average molecular weight is 381 g/mol. The van der Waals surface area contributed by atoms with E-state index in [2.05, 4.69) is 4.98 Å². The molecule has 28 heavy (non-hydrogen) atoms. The third-order valence-corrected chi connectivity index (χ3v) is 4.45. The SMILES string of the molecule is CCN(C(=O)c1c[nH]c(=O)n(Cc2ccccc2F)c1=O)c1cccc(C)c1. The molecule has 7 heteroatoms. The second-order valence-electron chi connectivity index (χ2n) is 6.38. The molecule has 1 aromatic heterocycles. The fourth-order valence-electron chi connectivity index (χ4n) is 2.99. The van der Waals surface area contributed by atoms with Crippen LogP contribution in [0.25, 0.3) is 0 Å². The van der Waals surface area contributed by atoms with E-state index in [1.165, 1.54) is 23.1 Å². The van der Waals surface area contributed by atoms with Gasteiger partial charge in [-0.05, 0) is 37.6 Å². The van der Waals surface area contributed by atoms with Crippen LogP contribution < -0.4 is 16.1 Å². The van der Waals surface area contributed by atoms with E-state index in [9.17, 15) is 18.8 Å². The summed E-state index contributed by atoms with van der Waals surface area (Å²) in [5.74, 6) is -1.06. The van der Waals surface area contributed by atoms with Gasteiger partial charge in [0, 0.05) is 24.0 Å². The van der Waals surface area contributed by atoms with Crippen LogP contribution in [0, 0.1) is 12.7 Å². The normalized spacial score (nSPS) is 10.7. The maximum absolute atomic E-state index is 13.9. The summed E-state index contributed by atoms with van der Waals surface area (Å²) in [6.45, 7) is 3.78. The lowest BCUT2D eigenvalue weighted by Crippen LogP contribution is -2.42. The molecule has 0 aliphatic heterocycles. The van der Waals surface area contributed by atoms with Gasteiger partial charge in [0.2, 0.25) is 0 Å². The largest absolute Gasteiger partial charge is 0.328 e. The van der Waals surface area contributed by atoms with Crippen molar-refractivity contribution in [3.05, 3.63) is 98.1 Å². The Balaban J connectivity index is 2.03. The molecule has 0 radical (unpaired) electrons. The summed E-state index contributed by atoms with van der Waals surface area (Å²) in [6, 6.07) is 13.2. The minimum absolute atomic E-state index is 0.181. The Morgan fingerprint density at radius 2 is 1.89 bits per heavy atom. The number of nitrogens with zero attached hydrogens (tertiary/aromatic N) is 2. The molecule has 0 unspecified atom stereocenters. The van der Waals surface area contributed by atoms with Crippen molar-refractivity contribution in [1.82, 2.24) is 9.55 Å². The molecule has 6 nitrogen and oxygen atoms in total. The summed E-state index contributed by atoms with van der Waals surface area (Å²) in [4.78, 5) is 41.9. The van der Waals surface area contributed by atoms with Crippen LogP contribution in [0.15, 0.2) is 64.3 Å². The number of amides is 1. The smallest absolute Gasteiger partial charge is 0.313 e. The first-order valence-corrected chi connectivity index (χ1v) is 8.86. The van der Waals surface area contributed by atoms with Gasteiger partial charge in [-0.15, -0.1) is 0 Å². The van der Waals surface area contributed by atoms with Crippen molar-refractivity contribution in [3.63, 3.8) is 0 Å². The molecule has 144 valence electrons. The Morgan fingerprint density at radius 3 is 2.57 bits per heavy atom. The standard InChI is InChI=1S/C21H20FN3O3/c1-3-24(16-9-6-7-14(2)11-16)19(26)17-12-23-21(28)25(20(17)27)13-15-8-4-5-10-18(15)22/h4-12H,3,13H2,1-2H3,(H,23,28). The quantitative estimate of drug-likeness (QED) is 0.738. The predicted molar refractivity (Wildman–Crippen MR) is 105 cm³/mol. The van der Waals surface area contributed by atoms with Gasteiger partial charge in [0.05, 0.1) is 6.54 Å². The van der Waals surface area contributed by atoms with E-state index in [1.807, 2.05) is 25.1 Å². The van der Waals surface area contributed by atoms with E-state index >= 15 is 0 Å². The van der Waals surface area contributed by atoms with Crippen LogP contribution in [-0.2, 0) is 6.54 Å². The van der Waals surface area contributed by atoms with Gasteiger partial charge in [-0.2, -0.15) is 0 Å². The Labute approximate surface area is 160 Å². The number of aromatic amines is 1. The van der Waals surface area contributed by atoms with Crippen molar-refractivity contribution < 1.29 is 9.18 Å². The van der Waals surface area contributed by atoms with Crippen molar-refractivity contribution >= 4 is 11.6 Å². The molecule has 1 heterocycles. The molecular weight excluding hydrogens is 361 g/mol. The lowest BCUT2D eigenvalue weighted by Gasteiger charge is -2.21. The molecule has 3 aromatic rings. The highest BCUT2D eigenvalue weighted by Gasteiger charge is 2.21. The molecule has 0 saturated heterocycles. The summed E-state index contributed by atoms with van der Waals surface area (Å²) in [6.07, 6.45) is 1.11. The summed E-state index contributed by atoms with van der Waals surface area (Å²) < 4.78 is 14.8. The number of nitrogens with one attached hydrogen (secondary N) is 1. The zero-order chi connectivity index (χ0) is 20.3.